The molecule has 0 bridgehead atoms. The first-order chi connectivity index (χ1) is 11.2. The van der Waals surface area contributed by atoms with Gasteiger partial charge in [0.2, 0.25) is 0 Å². The number of rotatable bonds is 3. The molecule has 2 heterocycles. The van der Waals surface area contributed by atoms with Crippen molar-refractivity contribution in [3.05, 3.63) is 28.7 Å². The third kappa shape index (κ3) is 3.60. The van der Waals surface area contributed by atoms with E-state index in [2.05, 4.69) is 37.3 Å². The summed E-state index contributed by atoms with van der Waals surface area (Å²) in [5.41, 5.74) is 3.28. The van der Waals surface area contributed by atoms with Gasteiger partial charge in [0, 0.05) is 20.6 Å². The Labute approximate surface area is 144 Å². The Bertz CT molecular complexity index is 693. The summed E-state index contributed by atoms with van der Waals surface area (Å²) < 4.78 is 1.77. The highest BCUT2D eigenvalue weighted by Gasteiger charge is 2.24. The monoisotopic (exact) mass is 332 g/mol. The molecule has 7 nitrogen and oxygen atoms in total. The molecule has 132 valence electrons. The van der Waals surface area contributed by atoms with E-state index in [1.807, 2.05) is 33.0 Å². The van der Waals surface area contributed by atoms with E-state index in [4.69, 9.17) is 4.98 Å². The maximum Gasteiger partial charge on any atom is 0.336 e. The quantitative estimate of drug-likeness (QED) is 0.923. The first kappa shape index (κ1) is 18.0. The maximum atomic E-state index is 12.0. The lowest BCUT2D eigenvalue weighted by Crippen LogP contribution is -2.42. The Kier molecular flexibility index (Phi) is 5.31. The van der Waals surface area contributed by atoms with E-state index in [-0.39, 0.29) is 6.03 Å². The number of nitrogens with zero attached hydrogens (tertiary/aromatic N) is 5. The fraction of sp³-hybridized carbons (Fsp3) is 0.588. The van der Waals surface area contributed by atoms with Gasteiger partial charge in [0.1, 0.15) is 11.6 Å². The van der Waals surface area contributed by atoms with Crippen molar-refractivity contribution in [3.8, 4) is 0 Å². The number of carbonyl (C=O) groups excluding carboxylic acids is 1. The van der Waals surface area contributed by atoms with E-state index in [0.29, 0.717) is 19.0 Å². The van der Waals surface area contributed by atoms with Crippen LogP contribution in [0, 0.1) is 20.8 Å². The van der Waals surface area contributed by atoms with Crippen molar-refractivity contribution in [2.45, 2.75) is 40.5 Å². The van der Waals surface area contributed by atoms with Gasteiger partial charge in [-0.3, -0.25) is 9.69 Å². The predicted molar refractivity (Wildman–Crippen MR) is 95.4 cm³/mol. The lowest BCUT2D eigenvalue weighted by atomic mass is 9.99. The summed E-state index contributed by atoms with van der Waals surface area (Å²) in [6.07, 6.45) is 0. The summed E-state index contributed by atoms with van der Waals surface area (Å²) in [5.74, 6) is 1.82. The molecule has 0 aromatic carbocycles. The molecular weight excluding hydrogens is 304 g/mol. The van der Waals surface area contributed by atoms with Gasteiger partial charge in [0.15, 0.2) is 0 Å². The first-order valence-corrected chi connectivity index (χ1v) is 8.28. The van der Waals surface area contributed by atoms with Gasteiger partial charge < -0.3 is 5.32 Å². The highest BCUT2D eigenvalue weighted by Crippen LogP contribution is 2.23. The zero-order chi connectivity index (χ0) is 18.0. The van der Waals surface area contributed by atoms with Crippen LogP contribution < -0.4 is 10.3 Å². The molecule has 1 aliphatic heterocycles. The van der Waals surface area contributed by atoms with E-state index in [9.17, 15) is 4.79 Å². The average molecular weight is 332 g/mol. The molecule has 0 atom stereocenters. The summed E-state index contributed by atoms with van der Waals surface area (Å²) in [5, 5.41) is 10.9. The summed E-state index contributed by atoms with van der Waals surface area (Å²) in [6, 6.07) is 1.96. The van der Waals surface area contributed by atoms with Gasteiger partial charge in [-0.2, -0.15) is 5.10 Å². The summed E-state index contributed by atoms with van der Waals surface area (Å²) >= 11 is 0. The Morgan fingerprint density at radius 2 is 1.96 bits per heavy atom. The molecular formula is C17H28N6O. The first-order valence-electron chi connectivity index (χ1n) is 8.28. The van der Waals surface area contributed by atoms with Crippen LogP contribution in [-0.2, 0) is 7.05 Å². The van der Waals surface area contributed by atoms with Crippen molar-refractivity contribution in [2.24, 2.45) is 7.05 Å². The molecule has 1 saturated heterocycles. The number of hydrogen-bond acceptors (Lipinski definition) is 4. The average Bonchev–Trinajstić information content (AvgIpc) is 2.95. The number of carbonyl (C=O) groups is 1. The van der Waals surface area contributed by atoms with E-state index in [1.165, 1.54) is 5.56 Å². The van der Waals surface area contributed by atoms with E-state index >= 15 is 0 Å². The smallest absolute Gasteiger partial charge is 0.335 e. The number of nitrogens with one attached hydrogen (secondary N) is 1. The predicted octanol–water partition coefficient (Wildman–Crippen LogP) is 2.36. The summed E-state index contributed by atoms with van der Waals surface area (Å²) in [7, 11) is 3.75. The zero-order valence-electron chi connectivity index (χ0n) is 15.7. The molecule has 1 fully saturated rings. The van der Waals surface area contributed by atoms with Gasteiger partial charge in [-0.1, -0.05) is 13.8 Å². The van der Waals surface area contributed by atoms with Crippen LogP contribution in [0.25, 0.3) is 0 Å². The van der Waals surface area contributed by atoms with Crippen molar-refractivity contribution < 1.29 is 4.79 Å². The molecule has 1 N–H and O–H groups in total. The van der Waals surface area contributed by atoms with Crippen LogP contribution in [0.1, 0.15) is 42.4 Å². The number of hydrazine groups is 1. The van der Waals surface area contributed by atoms with Gasteiger partial charge in [-0.25, -0.2) is 14.8 Å². The van der Waals surface area contributed by atoms with Gasteiger partial charge in [0.25, 0.3) is 0 Å². The number of amides is 2. The molecule has 0 aliphatic carbocycles. The lowest BCUT2D eigenvalue weighted by Gasteiger charge is -2.27. The van der Waals surface area contributed by atoms with Gasteiger partial charge >= 0.3 is 6.03 Å². The molecule has 1 aliphatic rings. The Balaban J connectivity index is 2.72. The molecule has 1 aromatic heterocycles. The largest absolute Gasteiger partial charge is 0.336 e. The van der Waals surface area contributed by atoms with Crippen LogP contribution in [0.15, 0.2) is 6.07 Å². The lowest BCUT2D eigenvalue weighted by molar-refractivity contribution is 0.215. The van der Waals surface area contributed by atoms with Crippen molar-refractivity contribution in [2.75, 3.05) is 25.1 Å². The molecule has 0 unspecified atom stereocenters. The minimum Gasteiger partial charge on any atom is -0.335 e. The van der Waals surface area contributed by atoms with Crippen molar-refractivity contribution in [1.29, 1.82) is 0 Å². The minimum atomic E-state index is -0.0984. The fourth-order valence-electron chi connectivity index (χ4n) is 2.74. The molecule has 0 radical (unpaired) electrons. The van der Waals surface area contributed by atoms with Gasteiger partial charge in [-0.05, 0) is 43.9 Å². The van der Waals surface area contributed by atoms with Crippen LogP contribution in [0.2, 0.25) is 0 Å². The third-order valence-electron chi connectivity index (χ3n) is 4.45. The molecule has 7 heteroatoms. The van der Waals surface area contributed by atoms with E-state index in [1.54, 1.807) is 9.69 Å². The minimum absolute atomic E-state index is 0.0984. The highest BCUT2D eigenvalue weighted by molar-refractivity contribution is 5.77. The normalized spacial score (nSPS) is 14.0. The fourth-order valence-corrected chi connectivity index (χ4v) is 2.74. The van der Waals surface area contributed by atoms with Crippen LogP contribution in [0.4, 0.5) is 10.6 Å². The zero-order valence-corrected chi connectivity index (χ0v) is 15.7. The van der Waals surface area contributed by atoms with E-state index in [0.717, 1.165) is 22.9 Å². The van der Waals surface area contributed by atoms with Crippen LogP contribution in [-0.4, -0.2) is 45.9 Å². The second-order valence-electron chi connectivity index (χ2n) is 6.48. The second kappa shape index (κ2) is 7.07. The second-order valence-corrected chi connectivity index (χ2v) is 6.48. The molecule has 2 rings (SSSR count). The molecule has 24 heavy (non-hydrogen) atoms. The number of hydrogen-bond donors (Lipinski definition) is 1. The highest BCUT2D eigenvalue weighted by atomic mass is 16.2. The van der Waals surface area contributed by atoms with Crippen LogP contribution in [0.3, 0.4) is 0 Å². The number of aryl methyl sites for hydroxylation is 3. The SMILES string of the molecule is Cc1nn(C)c(C)nc(N(C)N2CCNC2=O)cc(C(C)C)c1C. The van der Waals surface area contributed by atoms with Gasteiger partial charge in [-0.15, -0.1) is 0 Å². The Hall–Kier alpha value is -2.31. The molecule has 2 amide bonds. The topological polar surface area (TPSA) is 66.3 Å². The standard InChI is InChI=1S/C17H28N6O/c1-11(2)15-10-16(22(7)23-9-8-18-17(23)24)19-14(5)21(6)20-13(4)12(15)3/h10-11H,8-9H2,1-7H3,(H,18,24). The Morgan fingerprint density at radius 3 is 2.50 bits per heavy atom. The number of urea groups is 1. The molecule has 0 spiro atoms. The number of aromatic nitrogens is 3. The van der Waals surface area contributed by atoms with Crippen LogP contribution in [0.5, 0.6) is 0 Å². The third-order valence-corrected chi connectivity index (χ3v) is 4.45. The van der Waals surface area contributed by atoms with Crippen molar-refractivity contribution in [3.63, 3.8) is 0 Å². The molecule has 1 aromatic rings. The maximum absolute atomic E-state index is 12.0. The summed E-state index contributed by atoms with van der Waals surface area (Å²) in [4.78, 5) is 16.7. The summed E-state index contributed by atoms with van der Waals surface area (Å²) in [6.45, 7) is 11.6. The van der Waals surface area contributed by atoms with Crippen molar-refractivity contribution >= 4 is 11.8 Å². The molecule has 0 saturated carbocycles. The van der Waals surface area contributed by atoms with Crippen LogP contribution >= 0.6 is 0 Å². The number of anilines is 1. The van der Waals surface area contributed by atoms with Crippen molar-refractivity contribution in [1.82, 2.24) is 25.1 Å². The Morgan fingerprint density at radius 1 is 1.29 bits per heavy atom. The van der Waals surface area contributed by atoms with Gasteiger partial charge in [0.05, 0.1) is 12.2 Å². The van der Waals surface area contributed by atoms with E-state index < -0.39 is 0 Å².